The summed E-state index contributed by atoms with van der Waals surface area (Å²) in [5.74, 6) is 1.58. The van der Waals surface area contributed by atoms with Crippen molar-refractivity contribution in [3.05, 3.63) is 53.3 Å². The first kappa shape index (κ1) is 18.3. The first-order chi connectivity index (χ1) is 13.7. The second-order valence-corrected chi connectivity index (χ2v) is 7.51. The van der Waals surface area contributed by atoms with Crippen LogP contribution in [-0.4, -0.2) is 45.2 Å². The van der Waals surface area contributed by atoms with Crippen molar-refractivity contribution in [2.24, 2.45) is 0 Å². The van der Waals surface area contributed by atoms with E-state index in [1.165, 1.54) is 11.3 Å². The van der Waals surface area contributed by atoms with Crippen LogP contribution in [0.1, 0.15) is 28.9 Å². The van der Waals surface area contributed by atoms with Gasteiger partial charge in [-0.15, -0.1) is 10.2 Å². The molecule has 1 aliphatic rings. The quantitative estimate of drug-likeness (QED) is 0.686. The number of aromatic nitrogens is 4. The number of nitrogens with one attached hydrogen (secondary N) is 2. The van der Waals surface area contributed by atoms with E-state index in [1.54, 1.807) is 17.8 Å². The Labute approximate surface area is 167 Å². The summed E-state index contributed by atoms with van der Waals surface area (Å²) in [6.45, 7) is 3.92. The van der Waals surface area contributed by atoms with Gasteiger partial charge in [0.25, 0.3) is 5.91 Å². The van der Waals surface area contributed by atoms with Crippen LogP contribution in [0.4, 0.5) is 16.8 Å². The molecular weight excluding hydrogens is 374 g/mol. The Kier molecular flexibility index (Phi) is 5.43. The third-order valence-electron chi connectivity index (χ3n) is 4.65. The molecule has 3 aromatic heterocycles. The number of hydrogen-bond donors (Lipinski definition) is 2. The van der Waals surface area contributed by atoms with Crippen molar-refractivity contribution in [3.8, 4) is 0 Å². The minimum Gasteiger partial charge on any atom is -0.367 e. The Morgan fingerprint density at radius 2 is 2.07 bits per heavy atom. The van der Waals surface area contributed by atoms with Crippen LogP contribution in [0.25, 0.3) is 0 Å². The zero-order chi connectivity index (χ0) is 19.3. The lowest BCUT2D eigenvalue weighted by molar-refractivity contribution is 0.102. The van der Waals surface area contributed by atoms with E-state index < -0.39 is 0 Å². The van der Waals surface area contributed by atoms with Crippen LogP contribution in [-0.2, 0) is 0 Å². The second kappa shape index (κ2) is 8.30. The van der Waals surface area contributed by atoms with Crippen LogP contribution < -0.4 is 15.5 Å². The summed E-state index contributed by atoms with van der Waals surface area (Å²) in [7, 11) is 0. The molecule has 3 aromatic rings. The van der Waals surface area contributed by atoms with E-state index in [-0.39, 0.29) is 5.91 Å². The van der Waals surface area contributed by atoms with Gasteiger partial charge in [0.05, 0.1) is 5.56 Å². The van der Waals surface area contributed by atoms with E-state index in [2.05, 4.69) is 47.8 Å². The molecule has 1 amide bonds. The van der Waals surface area contributed by atoms with Crippen molar-refractivity contribution in [2.45, 2.75) is 25.8 Å². The number of carbonyl (C=O) groups excluding carboxylic acids is 1. The van der Waals surface area contributed by atoms with Crippen molar-refractivity contribution in [3.63, 3.8) is 0 Å². The number of nitrogens with zero attached hydrogens (tertiary/aromatic N) is 5. The molecule has 0 bridgehead atoms. The zero-order valence-corrected chi connectivity index (χ0v) is 16.3. The van der Waals surface area contributed by atoms with Crippen LogP contribution in [0.2, 0.25) is 0 Å². The normalized spacial score (nSPS) is 14.7. The molecule has 0 saturated carbocycles. The van der Waals surface area contributed by atoms with Crippen LogP contribution in [0.3, 0.4) is 0 Å². The topological polar surface area (TPSA) is 95.9 Å². The Morgan fingerprint density at radius 1 is 1.21 bits per heavy atom. The van der Waals surface area contributed by atoms with E-state index >= 15 is 0 Å². The monoisotopic (exact) mass is 395 g/mol. The van der Waals surface area contributed by atoms with Crippen LogP contribution in [0, 0.1) is 6.92 Å². The average molecular weight is 395 g/mol. The Bertz CT molecular complexity index is 922. The fourth-order valence-electron chi connectivity index (χ4n) is 3.18. The highest BCUT2D eigenvalue weighted by atomic mass is 32.1. The minimum atomic E-state index is -0.241. The summed E-state index contributed by atoms with van der Waals surface area (Å²) in [6.07, 6.45) is 3.59. The Hall–Kier alpha value is -3.07. The fraction of sp³-hybridized carbons (Fsp3) is 0.316. The van der Waals surface area contributed by atoms with Crippen LogP contribution in [0.5, 0.6) is 0 Å². The third kappa shape index (κ3) is 4.42. The molecule has 1 fully saturated rings. The highest BCUT2D eigenvalue weighted by molar-refractivity contribution is 7.13. The van der Waals surface area contributed by atoms with Crippen molar-refractivity contribution in [2.75, 3.05) is 28.6 Å². The summed E-state index contributed by atoms with van der Waals surface area (Å²) in [5, 5.41) is 14.1. The summed E-state index contributed by atoms with van der Waals surface area (Å²) < 4.78 is 0. The third-order valence-corrected chi connectivity index (χ3v) is 5.26. The van der Waals surface area contributed by atoms with Crippen molar-refractivity contribution in [1.82, 2.24) is 20.2 Å². The van der Waals surface area contributed by atoms with Crippen molar-refractivity contribution in [1.29, 1.82) is 0 Å². The molecule has 8 nitrogen and oxygen atoms in total. The van der Waals surface area contributed by atoms with Gasteiger partial charge in [-0.3, -0.25) is 10.1 Å². The number of amides is 1. The molecular formula is C19H21N7OS. The van der Waals surface area contributed by atoms with Gasteiger partial charge >= 0.3 is 0 Å². The van der Waals surface area contributed by atoms with E-state index in [1.807, 2.05) is 19.1 Å². The van der Waals surface area contributed by atoms with Gasteiger partial charge in [-0.2, -0.15) is 0 Å². The molecule has 0 aromatic carbocycles. The van der Waals surface area contributed by atoms with E-state index in [4.69, 9.17) is 0 Å². The summed E-state index contributed by atoms with van der Waals surface area (Å²) in [5.41, 5.74) is 3.10. The lowest BCUT2D eigenvalue weighted by Crippen LogP contribution is -2.39. The van der Waals surface area contributed by atoms with Gasteiger partial charge in [-0.05, 0) is 44.0 Å². The van der Waals surface area contributed by atoms with Crippen LogP contribution in [0.15, 0.2) is 42.0 Å². The SMILES string of the molecule is Cc1cccc(N2CCC(Nc3ccc(C(=O)Nc4nncs4)cn3)CC2)n1. The number of carbonyl (C=O) groups is 1. The first-order valence-corrected chi connectivity index (χ1v) is 10.0. The van der Waals surface area contributed by atoms with Crippen LogP contribution >= 0.6 is 11.3 Å². The Balaban J connectivity index is 1.30. The smallest absolute Gasteiger partial charge is 0.259 e. The number of hydrogen-bond acceptors (Lipinski definition) is 8. The minimum absolute atomic E-state index is 0.241. The van der Waals surface area contributed by atoms with Crippen molar-refractivity contribution < 1.29 is 4.79 Å². The fourth-order valence-corrected chi connectivity index (χ4v) is 3.62. The highest BCUT2D eigenvalue weighted by Gasteiger charge is 2.20. The number of piperidine rings is 1. The largest absolute Gasteiger partial charge is 0.367 e. The summed E-state index contributed by atoms with van der Waals surface area (Å²) >= 11 is 1.28. The molecule has 28 heavy (non-hydrogen) atoms. The van der Waals surface area contributed by atoms with Gasteiger partial charge in [-0.25, -0.2) is 9.97 Å². The van der Waals surface area contributed by atoms with Gasteiger partial charge in [0.15, 0.2) is 0 Å². The zero-order valence-electron chi connectivity index (χ0n) is 15.5. The second-order valence-electron chi connectivity index (χ2n) is 6.67. The average Bonchev–Trinajstić information content (AvgIpc) is 3.22. The molecule has 0 radical (unpaired) electrons. The summed E-state index contributed by atoms with van der Waals surface area (Å²) in [6, 6.07) is 10.1. The lowest BCUT2D eigenvalue weighted by atomic mass is 10.0. The molecule has 4 rings (SSSR count). The highest BCUT2D eigenvalue weighted by Crippen LogP contribution is 2.20. The molecule has 0 unspecified atom stereocenters. The molecule has 4 heterocycles. The van der Waals surface area contributed by atoms with E-state index in [0.717, 1.165) is 43.3 Å². The molecule has 0 spiro atoms. The molecule has 1 aliphatic heterocycles. The summed E-state index contributed by atoms with van der Waals surface area (Å²) in [4.78, 5) is 23.5. The Morgan fingerprint density at radius 3 is 2.75 bits per heavy atom. The van der Waals surface area contributed by atoms with Crippen molar-refractivity contribution >= 4 is 34.0 Å². The first-order valence-electron chi connectivity index (χ1n) is 9.16. The molecule has 2 N–H and O–H groups in total. The van der Waals surface area contributed by atoms with Gasteiger partial charge in [0.2, 0.25) is 5.13 Å². The number of pyridine rings is 2. The van der Waals surface area contributed by atoms with E-state index in [9.17, 15) is 4.79 Å². The van der Waals surface area contributed by atoms with Gasteiger partial charge in [0, 0.05) is 31.0 Å². The molecule has 1 saturated heterocycles. The predicted molar refractivity (Wildman–Crippen MR) is 110 cm³/mol. The van der Waals surface area contributed by atoms with Gasteiger partial charge in [-0.1, -0.05) is 17.4 Å². The van der Waals surface area contributed by atoms with Gasteiger partial charge in [0.1, 0.15) is 17.1 Å². The molecule has 0 atom stereocenters. The maximum absolute atomic E-state index is 12.2. The molecule has 0 aliphatic carbocycles. The maximum atomic E-state index is 12.2. The lowest BCUT2D eigenvalue weighted by Gasteiger charge is -2.33. The molecule has 9 heteroatoms. The predicted octanol–water partition coefficient (Wildman–Crippen LogP) is 2.97. The number of aryl methyl sites for hydroxylation is 1. The van der Waals surface area contributed by atoms with Gasteiger partial charge < -0.3 is 10.2 Å². The number of anilines is 3. The molecule has 144 valence electrons. The number of rotatable bonds is 5. The maximum Gasteiger partial charge on any atom is 0.259 e. The standard InChI is InChI=1S/C19H21N7OS/c1-13-3-2-4-17(22-13)26-9-7-15(8-10-26)23-16-6-5-14(11-20-16)18(27)24-19-25-21-12-28-19/h2-6,11-12,15H,7-10H2,1H3,(H,20,23)(H,24,25,27). The van der Waals surface area contributed by atoms with E-state index in [0.29, 0.717) is 16.7 Å².